The average Bonchev–Trinajstić information content (AvgIpc) is 3.71. The highest BCUT2D eigenvalue weighted by molar-refractivity contribution is 7.91. The maximum Gasteiger partial charge on any atom is 0.326 e. The maximum absolute atomic E-state index is 14.8. The number of hydrogen-bond acceptors (Lipinski definition) is 11. The van der Waals surface area contributed by atoms with Crippen LogP contribution in [-0.2, 0) is 45.6 Å². The second-order valence-corrected chi connectivity index (χ2v) is 20.8. The van der Waals surface area contributed by atoms with Crippen molar-refractivity contribution in [2.45, 2.75) is 74.6 Å². The monoisotopic (exact) mass is 977 g/mol. The van der Waals surface area contributed by atoms with Crippen molar-refractivity contribution in [3.05, 3.63) is 152 Å². The van der Waals surface area contributed by atoms with E-state index in [1.54, 1.807) is 55.5 Å². The lowest BCUT2D eigenvalue weighted by Gasteiger charge is -2.36. The lowest BCUT2D eigenvalue weighted by molar-refractivity contribution is -0.142. The number of fused-ring (bicyclic) bond motifs is 2. The van der Waals surface area contributed by atoms with Gasteiger partial charge in [-0.25, -0.2) is 18.2 Å². The van der Waals surface area contributed by atoms with Gasteiger partial charge in [0, 0.05) is 19.5 Å². The first-order chi connectivity index (χ1) is 32.3. The van der Waals surface area contributed by atoms with Gasteiger partial charge in [0.1, 0.15) is 31.0 Å². The molecule has 6 aromatic rings. The maximum atomic E-state index is 14.8. The normalized spacial score (nSPS) is 17.3. The summed E-state index contributed by atoms with van der Waals surface area (Å²) in [6, 6.07) is 30.1. The summed E-state index contributed by atoms with van der Waals surface area (Å²) in [6.45, 7) is 2.61. The molecule has 2 aliphatic heterocycles. The quantitative estimate of drug-likeness (QED) is 0.0892. The number of nitrogens with zero attached hydrogens (tertiary/aromatic N) is 3. The number of hydrogen-bond donors (Lipinski definition) is 3. The van der Waals surface area contributed by atoms with Crippen LogP contribution in [-0.4, -0.2) is 59.9 Å². The Morgan fingerprint density at radius 3 is 2.31 bits per heavy atom. The molecule has 3 N–H and O–H groups in total. The van der Waals surface area contributed by atoms with Gasteiger partial charge in [-0.05, 0) is 120 Å². The molecular weight excluding hydrogens is 934 g/mol. The van der Waals surface area contributed by atoms with Gasteiger partial charge in [0.15, 0.2) is 26.9 Å². The zero-order valence-electron chi connectivity index (χ0n) is 36.2. The third-order valence-corrected chi connectivity index (χ3v) is 16.7. The fourth-order valence-electron chi connectivity index (χ4n) is 8.35. The van der Waals surface area contributed by atoms with Gasteiger partial charge in [-0.3, -0.25) is 4.79 Å². The lowest BCUT2D eigenvalue weighted by Crippen LogP contribution is -2.55. The zero-order chi connectivity index (χ0) is 46.8. The SMILES string of the molecule is Cc1nc(NCC2CCC2)sc1S(=O)(=O)N1Cc2cc3c(cc2C[C@H]1C(=O)NC(Cc1ccc(-c2ccc(C#N)cc2)cc1)C(=O)O)OC[C@H](c1ccc(OCc2ccc(Cl)c(Cl)c2)cc1)O3. The molecule has 9 rings (SSSR count). The van der Waals surface area contributed by atoms with Crippen LogP contribution >= 0.6 is 34.5 Å². The average molecular weight is 979 g/mol. The van der Waals surface area contributed by atoms with Crippen molar-refractivity contribution in [2.75, 3.05) is 18.5 Å². The topological polar surface area (TPSA) is 180 Å². The smallest absolute Gasteiger partial charge is 0.326 e. The minimum atomic E-state index is -4.37. The van der Waals surface area contributed by atoms with E-state index in [0.29, 0.717) is 79.4 Å². The summed E-state index contributed by atoms with van der Waals surface area (Å²) in [4.78, 5) is 31.7. The highest BCUT2D eigenvalue weighted by Gasteiger charge is 2.43. The number of benzene rings is 5. The summed E-state index contributed by atoms with van der Waals surface area (Å²) in [5, 5.41) is 26.9. The molecule has 0 bridgehead atoms. The number of carboxylic acids is 1. The first-order valence-electron chi connectivity index (χ1n) is 21.8. The Balaban J connectivity index is 0.946. The molecule has 3 heterocycles. The fourth-order valence-corrected chi connectivity index (χ4v) is 11.8. The Morgan fingerprint density at radius 1 is 0.940 bits per heavy atom. The number of ether oxygens (including phenoxy) is 3. The largest absolute Gasteiger partial charge is 0.489 e. The van der Waals surface area contributed by atoms with Gasteiger partial charge in [-0.2, -0.15) is 9.57 Å². The van der Waals surface area contributed by atoms with E-state index >= 15 is 0 Å². The van der Waals surface area contributed by atoms with Gasteiger partial charge in [-0.15, -0.1) is 0 Å². The van der Waals surface area contributed by atoms with Crippen molar-refractivity contribution < 1.29 is 37.3 Å². The first-order valence-corrected chi connectivity index (χ1v) is 24.8. The minimum absolute atomic E-state index is 0.00370. The van der Waals surface area contributed by atoms with E-state index in [1.807, 2.05) is 54.6 Å². The molecule has 1 fully saturated rings. The molecule has 0 saturated heterocycles. The second-order valence-electron chi connectivity index (χ2n) is 16.9. The van der Waals surface area contributed by atoms with Crippen LogP contribution in [0.4, 0.5) is 5.13 Å². The van der Waals surface area contributed by atoms with Crippen LogP contribution in [0.5, 0.6) is 17.2 Å². The molecule has 17 heteroatoms. The van der Waals surface area contributed by atoms with E-state index in [2.05, 4.69) is 21.7 Å². The number of nitriles is 1. The Kier molecular flexibility index (Phi) is 13.4. The molecule has 0 spiro atoms. The summed E-state index contributed by atoms with van der Waals surface area (Å²) >= 11 is 13.2. The number of thiazole rings is 1. The van der Waals surface area contributed by atoms with Gasteiger partial charge >= 0.3 is 5.97 Å². The van der Waals surface area contributed by atoms with Crippen LogP contribution < -0.4 is 24.8 Å². The molecule has 1 aliphatic carbocycles. The Bertz CT molecular complexity index is 2980. The number of carboxylic acid groups (broad SMARTS) is 1. The number of halogens is 2. The van der Waals surface area contributed by atoms with E-state index in [9.17, 15) is 23.1 Å². The fraction of sp³-hybridized carbons (Fsp3) is 0.280. The first kappa shape index (κ1) is 46.0. The van der Waals surface area contributed by atoms with Crippen molar-refractivity contribution in [3.63, 3.8) is 0 Å². The van der Waals surface area contributed by atoms with Crippen LogP contribution in [0.15, 0.2) is 107 Å². The summed E-state index contributed by atoms with van der Waals surface area (Å²) in [5.41, 5.74) is 6.24. The van der Waals surface area contributed by atoms with Crippen molar-refractivity contribution in [3.8, 4) is 34.4 Å². The standard InChI is InChI=1S/C50H45Cl2N5O8S2/c1-29-49(66-50(55-29)54-25-32-3-2-4-32)67(61,62)57-26-38-23-45-44(64-28-46(65-45)36-14-16-39(17-15-36)63-27-33-9-18-40(51)41(52)19-33)22-37(38)21-43(57)47(58)56-42(48(59)60)20-30-5-10-34(11-6-30)35-12-7-31(24-53)8-13-35/h5-19,22-23,32,42-43,46H,2-4,20-21,25-28H2,1H3,(H,54,55)(H,56,58)(H,59,60)/t42?,43-,46+/m0/s1. The molecule has 3 atom stereocenters. The van der Waals surface area contributed by atoms with Crippen molar-refractivity contribution in [1.29, 1.82) is 5.26 Å². The minimum Gasteiger partial charge on any atom is -0.489 e. The predicted molar refractivity (Wildman–Crippen MR) is 255 cm³/mol. The van der Waals surface area contributed by atoms with Crippen molar-refractivity contribution >= 4 is 61.6 Å². The molecule has 67 heavy (non-hydrogen) atoms. The van der Waals surface area contributed by atoms with E-state index < -0.39 is 40.1 Å². The van der Waals surface area contributed by atoms with Gasteiger partial charge in [0.05, 0.1) is 27.4 Å². The summed E-state index contributed by atoms with van der Waals surface area (Å²) in [6.07, 6.45) is 2.79. The summed E-state index contributed by atoms with van der Waals surface area (Å²) in [5.74, 6) is -0.00295. The van der Waals surface area contributed by atoms with Gasteiger partial charge in [0.25, 0.3) is 10.0 Å². The number of carbonyl (C=O) groups is 2. The molecule has 344 valence electrons. The molecule has 1 aromatic heterocycles. The number of aryl methyl sites for hydroxylation is 1. The second kappa shape index (κ2) is 19.6. The number of nitrogens with one attached hydrogen (secondary N) is 2. The van der Waals surface area contributed by atoms with Gasteiger partial charge in [-0.1, -0.05) is 95.6 Å². The highest BCUT2D eigenvalue weighted by Crippen LogP contribution is 2.43. The van der Waals surface area contributed by atoms with Crippen LogP contribution in [0.1, 0.15) is 64.4 Å². The Labute approximate surface area is 402 Å². The molecule has 5 aromatic carbocycles. The number of rotatable bonds is 15. The van der Waals surface area contributed by atoms with Crippen molar-refractivity contribution in [1.82, 2.24) is 14.6 Å². The zero-order valence-corrected chi connectivity index (χ0v) is 39.4. The van der Waals surface area contributed by atoms with Crippen LogP contribution in [0.25, 0.3) is 11.1 Å². The third-order valence-electron chi connectivity index (χ3n) is 12.4. The third kappa shape index (κ3) is 10.2. The van der Waals surface area contributed by atoms with Gasteiger partial charge < -0.3 is 30.0 Å². The molecule has 3 aliphatic rings. The lowest BCUT2D eigenvalue weighted by atomic mass is 9.86. The number of sulfonamides is 1. The van der Waals surface area contributed by atoms with E-state index in [0.717, 1.165) is 50.7 Å². The number of amides is 1. The molecule has 0 radical (unpaired) electrons. The number of aliphatic carboxylic acids is 1. The Morgan fingerprint density at radius 2 is 1.64 bits per heavy atom. The Hall–Kier alpha value is -6.15. The molecule has 13 nitrogen and oxygen atoms in total. The number of aromatic nitrogens is 1. The van der Waals surface area contributed by atoms with Crippen LogP contribution in [0, 0.1) is 24.2 Å². The summed E-state index contributed by atoms with van der Waals surface area (Å²) < 4.78 is 49.5. The number of carbonyl (C=O) groups excluding carboxylic acids is 1. The molecule has 1 saturated carbocycles. The summed E-state index contributed by atoms with van der Waals surface area (Å²) in [7, 11) is -4.37. The van der Waals surface area contributed by atoms with Crippen LogP contribution in [0.3, 0.4) is 0 Å². The predicted octanol–water partition coefficient (Wildman–Crippen LogP) is 9.53. The van der Waals surface area contributed by atoms with E-state index in [-0.39, 0.29) is 30.2 Å². The number of anilines is 1. The molecule has 1 unspecified atom stereocenters. The molecule has 1 amide bonds. The highest BCUT2D eigenvalue weighted by atomic mass is 35.5. The molecular formula is C50H45Cl2N5O8S2. The van der Waals surface area contributed by atoms with Crippen molar-refractivity contribution in [2.24, 2.45) is 5.92 Å². The van der Waals surface area contributed by atoms with Gasteiger partial charge in [0.2, 0.25) is 5.91 Å². The van der Waals surface area contributed by atoms with E-state index in [1.165, 1.54) is 6.42 Å². The van der Waals surface area contributed by atoms with E-state index in [4.69, 9.17) is 42.7 Å². The van der Waals surface area contributed by atoms with Crippen LogP contribution in [0.2, 0.25) is 10.0 Å².